The number of hydrogen-bond acceptors (Lipinski definition) is 6. The summed E-state index contributed by atoms with van der Waals surface area (Å²) in [5.74, 6) is 0.641. The predicted molar refractivity (Wildman–Crippen MR) is 121 cm³/mol. The fourth-order valence-electron chi connectivity index (χ4n) is 3.79. The summed E-state index contributed by atoms with van der Waals surface area (Å²) in [6, 6.07) is 6.06. The molecule has 8 nitrogen and oxygen atoms in total. The molecule has 1 unspecified atom stereocenters. The van der Waals surface area contributed by atoms with Crippen LogP contribution in [0.5, 0.6) is 0 Å². The smallest absolute Gasteiger partial charge is 0.254 e. The number of anilines is 1. The van der Waals surface area contributed by atoms with Crippen molar-refractivity contribution in [2.45, 2.75) is 26.3 Å². The molecule has 0 bridgehead atoms. The third-order valence-electron chi connectivity index (χ3n) is 5.28. The van der Waals surface area contributed by atoms with Gasteiger partial charge in [0.2, 0.25) is 0 Å². The number of aromatic nitrogens is 3. The Morgan fingerprint density at radius 3 is 2.80 bits per heavy atom. The van der Waals surface area contributed by atoms with Crippen LogP contribution in [0.3, 0.4) is 0 Å². The summed E-state index contributed by atoms with van der Waals surface area (Å²) in [6.07, 6.45) is 5.89. The first-order chi connectivity index (χ1) is 14.3. The van der Waals surface area contributed by atoms with Gasteiger partial charge in [0.25, 0.3) is 5.91 Å². The average molecular weight is 430 g/mol. The molecule has 160 valence electrons. The molecule has 3 heterocycles. The van der Waals surface area contributed by atoms with Crippen molar-refractivity contribution in [3.63, 3.8) is 0 Å². The molecule has 1 amide bonds. The Bertz CT molecular complexity index is 1050. The van der Waals surface area contributed by atoms with Crippen molar-refractivity contribution in [2.75, 3.05) is 23.4 Å². The van der Waals surface area contributed by atoms with E-state index in [9.17, 15) is 13.9 Å². The van der Waals surface area contributed by atoms with Gasteiger partial charge in [-0.25, -0.2) is 0 Å². The summed E-state index contributed by atoms with van der Waals surface area (Å²) >= 11 is 0. The maximum absolute atomic E-state index is 13.0. The number of H-pyrrole nitrogens is 1. The quantitative estimate of drug-likeness (QED) is 0.404. The lowest BCUT2D eigenvalue weighted by atomic mass is 10.0. The molecule has 5 N–H and O–H groups in total. The van der Waals surface area contributed by atoms with Crippen LogP contribution in [0.15, 0.2) is 36.8 Å². The number of nitrogens with one attached hydrogen (secondary N) is 3. The third kappa shape index (κ3) is 4.43. The van der Waals surface area contributed by atoms with Crippen LogP contribution in [0.2, 0.25) is 0 Å². The number of amides is 1. The molecule has 30 heavy (non-hydrogen) atoms. The molecule has 1 aliphatic heterocycles. The number of benzene rings is 1. The standard InChI is InChI=1S/C21H27N5O3S/c1-13(2)26-20-17-7-15(16-9-24-25-10-16)3-4-19(17)22-11-18(20)21(27)23-8-14-5-6-30(28,29)12-14/h3-4,7,9-11,13-14,28-29H,5-6,8,12H2,1-2H3,(H,22,26)(H,23,27)(H,24,25). The number of rotatable bonds is 6. The summed E-state index contributed by atoms with van der Waals surface area (Å²) < 4.78 is 19.6. The highest BCUT2D eigenvalue weighted by Gasteiger charge is 2.28. The minimum Gasteiger partial charge on any atom is -0.382 e. The van der Waals surface area contributed by atoms with Gasteiger partial charge in [0, 0.05) is 47.4 Å². The van der Waals surface area contributed by atoms with Crippen LogP contribution >= 0.6 is 10.6 Å². The van der Waals surface area contributed by atoms with E-state index in [0.717, 1.165) is 27.7 Å². The van der Waals surface area contributed by atoms with E-state index in [4.69, 9.17) is 0 Å². The van der Waals surface area contributed by atoms with Crippen LogP contribution in [0.4, 0.5) is 5.69 Å². The average Bonchev–Trinajstić information content (AvgIpc) is 3.35. The molecular formula is C21H27N5O3S. The number of carbonyl (C=O) groups is 1. The Hall–Kier alpha value is -2.62. The van der Waals surface area contributed by atoms with Crippen molar-refractivity contribution in [2.24, 2.45) is 5.92 Å². The minimum atomic E-state index is -2.47. The molecule has 9 heteroatoms. The molecule has 1 atom stereocenters. The SMILES string of the molecule is CC(C)Nc1c(C(=O)NCC2CCS(O)(O)C2)cnc2ccc(-c3cn[nH]c3)cc12. The van der Waals surface area contributed by atoms with Gasteiger partial charge in [-0.1, -0.05) is 6.07 Å². The zero-order chi connectivity index (χ0) is 21.3. The van der Waals surface area contributed by atoms with Gasteiger partial charge in [-0.05, 0) is 43.9 Å². The van der Waals surface area contributed by atoms with Gasteiger partial charge in [0.05, 0.1) is 23.0 Å². The molecule has 2 aromatic heterocycles. The number of fused-ring (bicyclic) bond motifs is 1. The van der Waals surface area contributed by atoms with Crippen molar-refractivity contribution in [3.05, 3.63) is 42.4 Å². The van der Waals surface area contributed by atoms with Crippen LogP contribution in [0.25, 0.3) is 22.0 Å². The van der Waals surface area contributed by atoms with E-state index in [0.29, 0.717) is 30.0 Å². The highest BCUT2D eigenvalue weighted by atomic mass is 32.3. The first-order valence-corrected chi connectivity index (χ1v) is 11.9. The Labute approximate surface area is 176 Å². The zero-order valence-corrected chi connectivity index (χ0v) is 17.9. The lowest BCUT2D eigenvalue weighted by Gasteiger charge is -2.26. The lowest BCUT2D eigenvalue weighted by Crippen LogP contribution is -2.30. The van der Waals surface area contributed by atoms with Gasteiger partial charge in [-0.15, -0.1) is 0 Å². The fourth-order valence-corrected chi connectivity index (χ4v) is 5.71. The molecule has 0 saturated carbocycles. The summed E-state index contributed by atoms with van der Waals surface area (Å²) in [4.78, 5) is 17.5. The van der Waals surface area contributed by atoms with E-state index >= 15 is 0 Å². The Balaban J connectivity index is 1.65. The zero-order valence-electron chi connectivity index (χ0n) is 17.1. The van der Waals surface area contributed by atoms with Crippen molar-refractivity contribution in [1.82, 2.24) is 20.5 Å². The molecule has 0 aliphatic carbocycles. The van der Waals surface area contributed by atoms with Gasteiger partial charge < -0.3 is 10.6 Å². The predicted octanol–water partition coefficient (Wildman–Crippen LogP) is 3.95. The van der Waals surface area contributed by atoms with Crippen LogP contribution in [0, 0.1) is 5.92 Å². The first kappa shape index (κ1) is 20.6. The summed E-state index contributed by atoms with van der Waals surface area (Å²) in [5, 5.41) is 14.1. The van der Waals surface area contributed by atoms with Crippen LogP contribution < -0.4 is 10.6 Å². The van der Waals surface area contributed by atoms with E-state index < -0.39 is 10.6 Å². The van der Waals surface area contributed by atoms with Gasteiger partial charge in [-0.2, -0.15) is 15.7 Å². The minimum absolute atomic E-state index is 0.0848. The number of carbonyl (C=O) groups excluding carboxylic acids is 1. The summed E-state index contributed by atoms with van der Waals surface area (Å²) in [7, 11) is -2.47. The maximum atomic E-state index is 13.0. The number of aromatic amines is 1. The molecule has 4 rings (SSSR count). The second-order valence-electron chi connectivity index (χ2n) is 8.10. The van der Waals surface area contributed by atoms with Gasteiger partial charge in [0.15, 0.2) is 0 Å². The molecule has 1 aromatic carbocycles. The normalized spacial score (nSPS) is 19.2. The van der Waals surface area contributed by atoms with Crippen LogP contribution in [-0.2, 0) is 0 Å². The van der Waals surface area contributed by atoms with E-state index in [2.05, 4.69) is 25.8 Å². The van der Waals surface area contributed by atoms with Crippen molar-refractivity contribution in [1.29, 1.82) is 0 Å². The number of hydrogen-bond donors (Lipinski definition) is 5. The monoisotopic (exact) mass is 429 g/mol. The fraction of sp³-hybridized carbons (Fsp3) is 0.381. The maximum Gasteiger partial charge on any atom is 0.254 e. The van der Waals surface area contributed by atoms with Gasteiger partial charge in [-0.3, -0.25) is 24.0 Å². The molecule has 3 aromatic rings. The topological polar surface area (TPSA) is 123 Å². The van der Waals surface area contributed by atoms with E-state index in [1.54, 1.807) is 12.4 Å². The van der Waals surface area contributed by atoms with E-state index in [1.165, 1.54) is 0 Å². The Kier molecular flexibility index (Phi) is 5.68. The molecule has 1 aliphatic rings. The highest BCUT2D eigenvalue weighted by Crippen LogP contribution is 2.48. The molecule has 0 radical (unpaired) electrons. The Morgan fingerprint density at radius 2 is 2.13 bits per heavy atom. The van der Waals surface area contributed by atoms with Crippen LogP contribution in [0.1, 0.15) is 30.6 Å². The summed E-state index contributed by atoms with van der Waals surface area (Å²) in [6.45, 7) is 4.47. The first-order valence-electron chi connectivity index (χ1n) is 10.0. The third-order valence-corrected chi connectivity index (χ3v) is 7.18. The number of nitrogens with zero attached hydrogens (tertiary/aromatic N) is 2. The van der Waals surface area contributed by atoms with E-state index in [-0.39, 0.29) is 17.9 Å². The second-order valence-corrected chi connectivity index (χ2v) is 10.4. The largest absolute Gasteiger partial charge is 0.382 e. The van der Waals surface area contributed by atoms with Crippen LogP contribution in [-0.4, -0.2) is 54.3 Å². The second kappa shape index (κ2) is 8.25. The van der Waals surface area contributed by atoms with Gasteiger partial charge >= 0.3 is 0 Å². The van der Waals surface area contributed by atoms with Crippen molar-refractivity contribution < 1.29 is 13.9 Å². The van der Waals surface area contributed by atoms with Crippen molar-refractivity contribution in [3.8, 4) is 11.1 Å². The lowest BCUT2D eigenvalue weighted by molar-refractivity contribution is 0.0949. The van der Waals surface area contributed by atoms with Gasteiger partial charge in [0.1, 0.15) is 0 Å². The highest BCUT2D eigenvalue weighted by molar-refractivity contribution is 8.24. The van der Waals surface area contributed by atoms with E-state index in [1.807, 2.05) is 38.2 Å². The van der Waals surface area contributed by atoms with Crippen molar-refractivity contribution >= 4 is 33.1 Å². The number of pyridine rings is 1. The molecular weight excluding hydrogens is 402 g/mol. The molecule has 0 spiro atoms. The molecule has 1 saturated heterocycles. The summed E-state index contributed by atoms with van der Waals surface area (Å²) in [5.41, 5.74) is 3.96. The molecule has 1 fully saturated rings. The Morgan fingerprint density at radius 1 is 1.30 bits per heavy atom.